The van der Waals surface area contributed by atoms with Crippen molar-refractivity contribution in [3.8, 4) is 11.5 Å². The monoisotopic (exact) mass is 467 g/mol. The molecule has 0 saturated carbocycles. The normalized spacial score (nSPS) is 17.1. The van der Waals surface area contributed by atoms with Gasteiger partial charge in [-0.1, -0.05) is 60.7 Å². The van der Waals surface area contributed by atoms with E-state index >= 15 is 4.39 Å². The van der Waals surface area contributed by atoms with Crippen LogP contribution in [0.5, 0.6) is 11.5 Å². The number of hydrogen-bond donors (Lipinski definition) is 1. The number of carbonyl (C=O) groups is 1. The standard InChI is InChI=1S/C25H22FNO5S/c1-29-24(28)22-23(32-25(33)27-22)18-12-20(30-14-16-8-4-2-5-9-16)21(13-19(18)26)31-15-17-10-6-3-7-11-17/h2-13,22-23H,14-15H2,1H3,(H,27,33)/t22-,23+/m0/s1. The Hall–Kier alpha value is -3.65. The summed E-state index contributed by atoms with van der Waals surface area (Å²) < 4.78 is 37.4. The molecule has 6 nitrogen and oxygen atoms in total. The summed E-state index contributed by atoms with van der Waals surface area (Å²) in [6.07, 6.45) is -1.01. The van der Waals surface area contributed by atoms with Crippen LogP contribution in [0.2, 0.25) is 0 Å². The second-order valence-corrected chi connectivity index (χ2v) is 7.71. The van der Waals surface area contributed by atoms with E-state index in [1.807, 2.05) is 60.7 Å². The molecule has 1 aliphatic heterocycles. The number of benzene rings is 3. The van der Waals surface area contributed by atoms with Crippen molar-refractivity contribution in [2.75, 3.05) is 7.11 Å². The van der Waals surface area contributed by atoms with E-state index in [4.69, 9.17) is 31.2 Å². The molecule has 3 aromatic carbocycles. The molecule has 1 heterocycles. The van der Waals surface area contributed by atoms with Gasteiger partial charge in [0.2, 0.25) is 0 Å². The van der Waals surface area contributed by atoms with Crippen LogP contribution in [0.4, 0.5) is 4.39 Å². The molecule has 8 heteroatoms. The fourth-order valence-electron chi connectivity index (χ4n) is 3.44. The van der Waals surface area contributed by atoms with Gasteiger partial charge in [0.25, 0.3) is 5.17 Å². The predicted octanol–water partition coefficient (Wildman–Crippen LogP) is 4.47. The maximum Gasteiger partial charge on any atom is 0.332 e. The minimum atomic E-state index is -1.01. The van der Waals surface area contributed by atoms with Crippen molar-refractivity contribution < 1.29 is 28.1 Å². The van der Waals surface area contributed by atoms with E-state index in [0.29, 0.717) is 5.75 Å². The van der Waals surface area contributed by atoms with Crippen molar-refractivity contribution in [3.63, 3.8) is 0 Å². The van der Waals surface area contributed by atoms with Gasteiger partial charge in [0.1, 0.15) is 19.0 Å². The van der Waals surface area contributed by atoms with Crippen molar-refractivity contribution in [2.24, 2.45) is 0 Å². The van der Waals surface area contributed by atoms with E-state index in [2.05, 4.69) is 5.32 Å². The van der Waals surface area contributed by atoms with Crippen molar-refractivity contribution in [1.82, 2.24) is 5.32 Å². The Morgan fingerprint density at radius 1 is 0.970 bits per heavy atom. The summed E-state index contributed by atoms with van der Waals surface area (Å²) in [7, 11) is 1.24. The fourth-order valence-corrected chi connectivity index (χ4v) is 3.67. The summed E-state index contributed by atoms with van der Waals surface area (Å²) >= 11 is 5.03. The van der Waals surface area contributed by atoms with Gasteiger partial charge in [-0.3, -0.25) is 0 Å². The zero-order valence-corrected chi connectivity index (χ0v) is 18.6. The van der Waals surface area contributed by atoms with Crippen LogP contribution in [0, 0.1) is 5.82 Å². The van der Waals surface area contributed by atoms with Crippen molar-refractivity contribution in [3.05, 3.63) is 95.3 Å². The molecular formula is C25H22FNO5S. The first-order chi connectivity index (χ1) is 16.0. The van der Waals surface area contributed by atoms with Crippen LogP contribution in [0.15, 0.2) is 72.8 Å². The van der Waals surface area contributed by atoms with E-state index in [-0.39, 0.29) is 29.7 Å². The Bertz CT molecular complexity index is 1130. The van der Waals surface area contributed by atoms with Crippen molar-refractivity contribution >= 4 is 23.4 Å². The quantitative estimate of drug-likeness (QED) is 0.387. The SMILES string of the molecule is COC(=O)[C@H]1NC(=S)O[C@@H]1c1cc(OCc2ccccc2)c(OCc2ccccc2)cc1F. The molecule has 33 heavy (non-hydrogen) atoms. The molecule has 0 radical (unpaired) electrons. The number of esters is 1. The Balaban J connectivity index is 1.65. The average molecular weight is 468 g/mol. The molecule has 3 aromatic rings. The molecule has 170 valence electrons. The molecule has 0 bridgehead atoms. The van der Waals surface area contributed by atoms with E-state index < -0.39 is 23.9 Å². The Kier molecular flexibility index (Phi) is 7.04. The minimum absolute atomic E-state index is 0.00837. The molecule has 1 saturated heterocycles. The van der Waals surface area contributed by atoms with E-state index in [1.165, 1.54) is 19.2 Å². The zero-order chi connectivity index (χ0) is 23.2. The first kappa shape index (κ1) is 22.5. The zero-order valence-electron chi connectivity index (χ0n) is 17.8. The predicted molar refractivity (Wildman–Crippen MR) is 123 cm³/mol. The largest absolute Gasteiger partial charge is 0.485 e. The molecule has 0 amide bonds. The van der Waals surface area contributed by atoms with Crippen LogP contribution in [0.3, 0.4) is 0 Å². The number of ether oxygens (including phenoxy) is 4. The molecule has 0 unspecified atom stereocenters. The number of thiocarbonyl (C=S) groups is 1. The second-order valence-electron chi connectivity index (χ2n) is 7.34. The van der Waals surface area contributed by atoms with Gasteiger partial charge in [0, 0.05) is 11.6 Å². The Labute approximate surface area is 196 Å². The topological polar surface area (TPSA) is 66.0 Å². The third-order valence-electron chi connectivity index (χ3n) is 5.11. The number of nitrogens with one attached hydrogen (secondary N) is 1. The van der Waals surface area contributed by atoms with Crippen LogP contribution < -0.4 is 14.8 Å². The maximum absolute atomic E-state index is 15.2. The molecule has 0 spiro atoms. The van der Waals surface area contributed by atoms with Gasteiger partial charge in [-0.05, 0) is 29.4 Å². The third-order valence-corrected chi connectivity index (χ3v) is 5.32. The number of halogens is 1. The Morgan fingerprint density at radius 2 is 1.52 bits per heavy atom. The lowest BCUT2D eigenvalue weighted by Crippen LogP contribution is -2.37. The smallest absolute Gasteiger partial charge is 0.332 e. The molecular weight excluding hydrogens is 445 g/mol. The van der Waals surface area contributed by atoms with Gasteiger partial charge >= 0.3 is 5.97 Å². The lowest BCUT2D eigenvalue weighted by molar-refractivity contribution is -0.144. The molecule has 1 fully saturated rings. The van der Waals surface area contributed by atoms with Gasteiger partial charge in [-0.15, -0.1) is 0 Å². The number of methoxy groups -OCH3 is 1. The number of carbonyl (C=O) groups excluding carboxylic acids is 1. The summed E-state index contributed by atoms with van der Waals surface area (Å²) in [5.74, 6) is -0.679. The summed E-state index contributed by atoms with van der Waals surface area (Å²) in [6.45, 7) is 0.480. The highest BCUT2D eigenvalue weighted by Gasteiger charge is 2.41. The summed E-state index contributed by atoms with van der Waals surface area (Å²) in [5, 5.41) is 2.71. The first-order valence-corrected chi connectivity index (χ1v) is 10.7. The van der Waals surface area contributed by atoms with E-state index in [1.54, 1.807) is 0 Å². The highest BCUT2D eigenvalue weighted by Crippen LogP contribution is 2.37. The van der Waals surface area contributed by atoms with Gasteiger partial charge in [-0.25, -0.2) is 9.18 Å². The average Bonchev–Trinajstić information content (AvgIpc) is 3.24. The van der Waals surface area contributed by atoms with E-state index in [9.17, 15) is 4.79 Å². The molecule has 1 aliphatic rings. The van der Waals surface area contributed by atoms with Crippen molar-refractivity contribution in [2.45, 2.75) is 25.4 Å². The number of hydrogen-bond acceptors (Lipinski definition) is 6. The van der Waals surface area contributed by atoms with E-state index in [0.717, 1.165) is 11.1 Å². The van der Waals surface area contributed by atoms with Crippen LogP contribution >= 0.6 is 12.2 Å². The van der Waals surface area contributed by atoms with Gasteiger partial charge in [0.05, 0.1) is 7.11 Å². The third kappa shape index (κ3) is 5.40. The number of rotatable bonds is 8. The Morgan fingerprint density at radius 3 is 2.06 bits per heavy atom. The molecule has 0 aliphatic carbocycles. The maximum atomic E-state index is 15.2. The highest BCUT2D eigenvalue weighted by molar-refractivity contribution is 7.80. The van der Waals surface area contributed by atoms with Gasteiger partial charge in [-0.2, -0.15) is 0 Å². The van der Waals surface area contributed by atoms with Crippen LogP contribution in [0.25, 0.3) is 0 Å². The summed E-state index contributed by atoms with van der Waals surface area (Å²) in [6, 6.07) is 20.8. The lowest BCUT2D eigenvalue weighted by atomic mass is 10.0. The lowest BCUT2D eigenvalue weighted by Gasteiger charge is -2.19. The highest BCUT2D eigenvalue weighted by atomic mass is 32.1. The fraction of sp³-hybridized carbons (Fsp3) is 0.200. The summed E-state index contributed by atoms with van der Waals surface area (Å²) in [4.78, 5) is 12.2. The molecule has 1 N–H and O–H groups in total. The second kappa shape index (κ2) is 10.3. The molecule has 4 rings (SSSR count). The van der Waals surface area contributed by atoms with Gasteiger partial charge < -0.3 is 24.3 Å². The molecule has 2 atom stereocenters. The summed E-state index contributed by atoms with van der Waals surface area (Å²) in [5.41, 5.74) is 1.97. The first-order valence-electron chi connectivity index (χ1n) is 10.3. The van der Waals surface area contributed by atoms with Gasteiger partial charge in [0.15, 0.2) is 23.6 Å². The van der Waals surface area contributed by atoms with Crippen LogP contribution in [-0.4, -0.2) is 24.3 Å². The minimum Gasteiger partial charge on any atom is -0.485 e. The van der Waals surface area contributed by atoms with Crippen LogP contribution in [-0.2, 0) is 27.5 Å². The van der Waals surface area contributed by atoms with Crippen LogP contribution in [0.1, 0.15) is 22.8 Å². The molecule has 0 aromatic heterocycles. The van der Waals surface area contributed by atoms with Crippen molar-refractivity contribution in [1.29, 1.82) is 0 Å².